The van der Waals surface area contributed by atoms with Crippen LogP contribution in [0.5, 0.6) is 0 Å². The molecule has 13 heavy (non-hydrogen) atoms. The Labute approximate surface area is 76.1 Å². The molecule has 1 amide bonds. The molecule has 4 nitrogen and oxygen atoms in total. The molecule has 0 aliphatic carbocycles. The second-order valence-corrected chi connectivity index (χ2v) is 2.85. The van der Waals surface area contributed by atoms with Crippen molar-refractivity contribution in [2.24, 2.45) is 0 Å². The maximum absolute atomic E-state index is 11.7. The molecule has 0 unspecified atom stereocenters. The molecule has 0 saturated carbocycles. The topological polar surface area (TPSA) is 42.4 Å². The van der Waals surface area contributed by atoms with Crippen LogP contribution in [0.25, 0.3) is 0 Å². The Morgan fingerprint density at radius 3 is 3.15 bits per heavy atom. The van der Waals surface area contributed by atoms with Gasteiger partial charge in [-0.05, 0) is 12.1 Å². The van der Waals surface area contributed by atoms with Gasteiger partial charge in [-0.3, -0.25) is 9.78 Å². The summed E-state index contributed by atoms with van der Waals surface area (Å²) in [7, 11) is 0. The van der Waals surface area contributed by atoms with Gasteiger partial charge in [0.15, 0.2) is 0 Å². The first kappa shape index (κ1) is 8.19. The van der Waals surface area contributed by atoms with Crippen molar-refractivity contribution in [2.75, 3.05) is 19.9 Å². The summed E-state index contributed by atoms with van der Waals surface area (Å²) in [6, 6.07) is 3.51. The minimum Gasteiger partial charge on any atom is -0.359 e. The number of pyridine rings is 1. The molecule has 68 valence electrons. The predicted octanol–water partition coefficient (Wildman–Crippen LogP) is 0.511. The normalized spacial score (nSPS) is 16.2. The molecule has 0 atom stereocenters. The van der Waals surface area contributed by atoms with Crippen LogP contribution in [-0.4, -0.2) is 35.7 Å². The van der Waals surface area contributed by atoms with Crippen LogP contribution in [0, 0.1) is 0 Å². The van der Waals surface area contributed by atoms with Crippen LogP contribution in [0.4, 0.5) is 0 Å². The fraction of sp³-hybridized carbons (Fsp3) is 0.333. The summed E-state index contributed by atoms with van der Waals surface area (Å²) in [5, 5.41) is 0. The quantitative estimate of drug-likeness (QED) is 0.629. The fourth-order valence-corrected chi connectivity index (χ4v) is 1.25. The van der Waals surface area contributed by atoms with E-state index in [1.807, 2.05) is 0 Å². The van der Waals surface area contributed by atoms with Gasteiger partial charge in [0.05, 0.1) is 12.2 Å². The van der Waals surface area contributed by atoms with E-state index in [-0.39, 0.29) is 5.91 Å². The van der Waals surface area contributed by atoms with Crippen LogP contribution in [-0.2, 0) is 4.74 Å². The summed E-state index contributed by atoms with van der Waals surface area (Å²) < 4.78 is 5.08. The minimum atomic E-state index is -0.00870. The second-order valence-electron chi connectivity index (χ2n) is 2.85. The van der Waals surface area contributed by atoms with Crippen molar-refractivity contribution in [1.29, 1.82) is 0 Å². The molecule has 1 fully saturated rings. The first-order valence-electron chi connectivity index (χ1n) is 4.15. The largest absolute Gasteiger partial charge is 0.359 e. The summed E-state index contributed by atoms with van der Waals surface area (Å²) in [5.74, 6) is -0.00870. The van der Waals surface area contributed by atoms with E-state index in [9.17, 15) is 4.79 Å². The summed E-state index contributed by atoms with van der Waals surface area (Å²) in [4.78, 5) is 17.2. The highest BCUT2D eigenvalue weighted by Crippen LogP contribution is 2.06. The van der Waals surface area contributed by atoms with Crippen LogP contribution in [0.2, 0.25) is 0 Å². The van der Waals surface area contributed by atoms with Crippen molar-refractivity contribution >= 4 is 5.91 Å². The predicted molar refractivity (Wildman–Crippen MR) is 46.1 cm³/mol. The zero-order valence-corrected chi connectivity index (χ0v) is 7.14. The number of nitrogens with zero attached hydrogens (tertiary/aromatic N) is 2. The third-order valence-electron chi connectivity index (χ3n) is 1.95. The maximum Gasteiger partial charge on any atom is 0.257 e. The highest BCUT2D eigenvalue weighted by molar-refractivity contribution is 5.93. The lowest BCUT2D eigenvalue weighted by Crippen LogP contribution is -2.28. The van der Waals surface area contributed by atoms with Crippen LogP contribution in [0.15, 0.2) is 24.5 Å². The molecule has 0 bridgehead atoms. The molecule has 1 aromatic heterocycles. The SMILES string of the molecule is O=C(c1cccnc1)N1CCOC1. The van der Waals surface area contributed by atoms with Gasteiger partial charge in [-0.2, -0.15) is 0 Å². The third kappa shape index (κ3) is 1.67. The number of hydrogen-bond donors (Lipinski definition) is 0. The van der Waals surface area contributed by atoms with Gasteiger partial charge in [0.2, 0.25) is 0 Å². The Kier molecular flexibility index (Phi) is 2.23. The minimum absolute atomic E-state index is 0.00870. The molecule has 0 radical (unpaired) electrons. The van der Waals surface area contributed by atoms with Gasteiger partial charge in [-0.25, -0.2) is 0 Å². The highest BCUT2D eigenvalue weighted by Gasteiger charge is 2.19. The number of aromatic nitrogens is 1. The van der Waals surface area contributed by atoms with Gasteiger partial charge in [0.25, 0.3) is 5.91 Å². The molecule has 2 rings (SSSR count). The molecule has 1 aliphatic rings. The Hall–Kier alpha value is -1.42. The van der Waals surface area contributed by atoms with Gasteiger partial charge >= 0.3 is 0 Å². The molecule has 4 heteroatoms. The number of ether oxygens (including phenoxy) is 1. The lowest BCUT2D eigenvalue weighted by atomic mass is 10.2. The van der Waals surface area contributed by atoms with Gasteiger partial charge in [0.1, 0.15) is 6.73 Å². The molecule has 1 aromatic rings. The molecule has 1 aliphatic heterocycles. The first-order chi connectivity index (χ1) is 6.38. The van der Waals surface area contributed by atoms with Crippen LogP contribution in [0.3, 0.4) is 0 Å². The summed E-state index contributed by atoms with van der Waals surface area (Å²) in [6.07, 6.45) is 3.22. The van der Waals surface area contributed by atoms with E-state index in [1.54, 1.807) is 29.4 Å². The van der Waals surface area contributed by atoms with Crippen molar-refractivity contribution < 1.29 is 9.53 Å². The first-order valence-corrected chi connectivity index (χ1v) is 4.15. The van der Waals surface area contributed by atoms with E-state index in [0.29, 0.717) is 25.4 Å². The number of amides is 1. The van der Waals surface area contributed by atoms with Gasteiger partial charge < -0.3 is 9.64 Å². The van der Waals surface area contributed by atoms with Crippen LogP contribution < -0.4 is 0 Å². The molecule has 2 heterocycles. The maximum atomic E-state index is 11.7. The van der Waals surface area contributed by atoms with Crippen molar-refractivity contribution in [3.8, 4) is 0 Å². The van der Waals surface area contributed by atoms with Gasteiger partial charge in [-0.1, -0.05) is 0 Å². The Balaban J connectivity index is 2.13. The smallest absolute Gasteiger partial charge is 0.257 e. The number of carbonyl (C=O) groups excluding carboxylic acids is 1. The highest BCUT2D eigenvalue weighted by atomic mass is 16.5. The molecule has 0 N–H and O–H groups in total. The van der Waals surface area contributed by atoms with E-state index < -0.39 is 0 Å². The van der Waals surface area contributed by atoms with E-state index in [2.05, 4.69) is 4.98 Å². The third-order valence-corrected chi connectivity index (χ3v) is 1.95. The van der Waals surface area contributed by atoms with Crippen molar-refractivity contribution in [3.63, 3.8) is 0 Å². The van der Waals surface area contributed by atoms with E-state index in [1.165, 1.54) is 0 Å². The molecule has 0 spiro atoms. The molecule has 0 aromatic carbocycles. The number of rotatable bonds is 1. The van der Waals surface area contributed by atoms with Crippen molar-refractivity contribution in [1.82, 2.24) is 9.88 Å². The zero-order chi connectivity index (χ0) is 9.10. The van der Waals surface area contributed by atoms with Crippen molar-refractivity contribution in [3.05, 3.63) is 30.1 Å². The van der Waals surface area contributed by atoms with Crippen LogP contribution >= 0.6 is 0 Å². The summed E-state index contributed by atoms with van der Waals surface area (Å²) in [5.41, 5.74) is 0.619. The summed E-state index contributed by atoms with van der Waals surface area (Å²) in [6.45, 7) is 1.70. The Bertz CT molecular complexity index is 294. The number of hydrogen-bond acceptors (Lipinski definition) is 3. The van der Waals surface area contributed by atoms with E-state index in [0.717, 1.165) is 0 Å². The van der Waals surface area contributed by atoms with Crippen molar-refractivity contribution in [2.45, 2.75) is 0 Å². The monoisotopic (exact) mass is 178 g/mol. The molecule has 1 saturated heterocycles. The van der Waals surface area contributed by atoms with Crippen LogP contribution in [0.1, 0.15) is 10.4 Å². The van der Waals surface area contributed by atoms with Gasteiger partial charge in [0, 0.05) is 18.9 Å². The molecular formula is C9H10N2O2. The van der Waals surface area contributed by atoms with E-state index in [4.69, 9.17) is 4.74 Å². The average Bonchev–Trinajstić information content (AvgIpc) is 2.71. The Morgan fingerprint density at radius 1 is 1.62 bits per heavy atom. The lowest BCUT2D eigenvalue weighted by molar-refractivity contribution is 0.0694. The number of carbonyl (C=O) groups is 1. The standard InChI is InChI=1S/C9H10N2O2/c12-9(11-4-5-13-7-11)8-2-1-3-10-6-8/h1-3,6H,4-5,7H2. The van der Waals surface area contributed by atoms with Gasteiger partial charge in [-0.15, -0.1) is 0 Å². The Morgan fingerprint density at radius 2 is 2.54 bits per heavy atom. The second kappa shape index (κ2) is 3.53. The zero-order valence-electron chi connectivity index (χ0n) is 7.14. The fourth-order valence-electron chi connectivity index (χ4n) is 1.25. The average molecular weight is 178 g/mol. The summed E-state index contributed by atoms with van der Waals surface area (Å²) >= 11 is 0. The van der Waals surface area contributed by atoms with E-state index >= 15 is 0 Å². The molecular weight excluding hydrogens is 168 g/mol. The lowest BCUT2D eigenvalue weighted by Gasteiger charge is -2.12.